The van der Waals surface area contributed by atoms with E-state index in [1.54, 1.807) is 0 Å². The van der Waals surface area contributed by atoms with Crippen molar-refractivity contribution in [2.75, 3.05) is 0 Å². The summed E-state index contributed by atoms with van der Waals surface area (Å²) in [4.78, 5) is 12.1. The van der Waals surface area contributed by atoms with Gasteiger partial charge in [0.25, 0.3) is 0 Å². The van der Waals surface area contributed by atoms with E-state index < -0.39 is 11.6 Å². The van der Waals surface area contributed by atoms with Crippen LogP contribution in [0.5, 0.6) is 0 Å². The molecule has 0 radical (unpaired) electrons. The minimum Gasteiger partial charge on any atom is -0.393 e. The highest BCUT2D eigenvalue weighted by molar-refractivity contribution is 7.80. The normalized spacial score (nSPS) is 11.9. The van der Waals surface area contributed by atoms with Crippen LogP contribution >= 0.6 is 12.2 Å². The Kier molecular flexibility index (Phi) is 5.82. The van der Waals surface area contributed by atoms with Crippen molar-refractivity contribution in [3.63, 3.8) is 0 Å². The predicted octanol–water partition coefficient (Wildman–Crippen LogP) is 2.08. The number of hydrogen-bond donors (Lipinski definition) is 2. The molecule has 0 saturated heterocycles. The third-order valence-corrected chi connectivity index (χ3v) is 2.82. The molecule has 1 aromatic carbocycles. The molecule has 1 unspecified atom stereocenters. The molecular formula is C13H16F2N2OS. The lowest BCUT2D eigenvalue weighted by molar-refractivity contribution is -0.121. The molecule has 0 aliphatic heterocycles. The second kappa shape index (κ2) is 7.13. The van der Waals surface area contributed by atoms with E-state index in [0.717, 1.165) is 12.1 Å². The first-order chi connectivity index (χ1) is 8.92. The van der Waals surface area contributed by atoms with Crippen molar-refractivity contribution in [2.45, 2.75) is 32.2 Å². The number of hydrogen-bond acceptors (Lipinski definition) is 2. The minimum atomic E-state index is -0.958. The Morgan fingerprint density at radius 3 is 2.63 bits per heavy atom. The molecule has 1 aromatic rings. The Morgan fingerprint density at radius 2 is 2.11 bits per heavy atom. The van der Waals surface area contributed by atoms with Gasteiger partial charge in [0.1, 0.15) is 0 Å². The zero-order chi connectivity index (χ0) is 14.4. The van der Waals surface area contributed by atoms with Crippen LogP contribution < -0.4 is 11.1 Å². The van der Waals surface area contributed by atoms with Crippen molar-refractivity contribution in [1.29, 1.82) is 0 Å². The van der Waals surface area contributed by atoms with Crippen LogP contribution in [-0.2, 0) is 11.2 Å². The zero-order valence-electron chi connectivity index (χ0n) is 10.6. The summed E-state index contributed by atoms with van der Waals surface area (Å²) in [6, 6.07) is 3.27. The Hall–Kier alpha value is -1.56. The number of carbonyl (C=O) groups excluding carboxylic acids is 1. The van der Waals surface area contributed by atoms with Crippen LogP contribution in [0, 0.1) is 11.6 Å². The number of benzene rings is 1. The molecule has 0 aliphatic rings. The predicted molar refractivity (Wildman–Crippen MR) is 73.7 cm³/mol. The molecule has 6 heteroatoms. The summed E-state index contributed by atoms with van der Waals surface area (Å²) in [5.74, 6) is -2.15. The summed E-state index contributed by atoms with van der Waals surface area (Å²) in [6.45, 7) is 1.90. The maximum absolute atomic E-state index is 13.0. The minimum absolute atomic E-state index is 0.00890. The first-order valence-electron chi connectivity index (χ1n) is 5.94. The first-order valence-corrected chi connectivity index (χ1v) is 6.34. The van der Waals surface area contributed by atoms with Gasteiger partial charge in [-0.2, -0.15) is 0 Å². The van der Waals surface area contributed by atoms with Crippen molar-refractivity contribution >= 4 is 23.1 Å². The van der Waals surface area contributed by atoms with Crippen LogP contribution in [-0.4, -0.2) is 16.9 Å². The summed E-state index contributed by atoms with van der Waals surface area (Å²) in [5.41, 5.74) is 5.84. The van der Waals surface area contributed by atoms with E-state index in [-0.39, 0.29) is 18.4 Å². The Morgan fingerprint density at radius 1 is 1.42 bits per heavy atom. The number of halogens is 2. The van der Waals surface area contributed by atoms with Crippen LogP contribution in [0.25, 0.3) is 0 Å². The van der Waals surface area contributed by atoms with Crippen LogP contribution in [0.3, 0.4) is 0 Å². The Labute approximate surface area is 116 Å². The van der Waals surface area contributed by atoms with Crippen LogP contribution in [0.15, 0.2) is 18.2 Å². The van der Waals surface area contributed by atoms with Gasteiger partial charge in [0.05, 0.1) is 11.4 Å². The van der Waals surface area contributed by atoms with E-state index in [2.05, 4.69) is 5.32 Å². The highest BCUT2D eigenvalue weighted by Gasteiger charge is 2.12. The largest absolute Gasteiger partial charge is 0.393 e. The van der Waals surface area contributed by atoms with Gasteiger partial charge in [-0.15, -0.1) is 0 Å². The lowest BCUT2D eigenvalue weighted by atomic mass is 10.1. The van der Waals surface area contributed by atoms with Gasteiger partial charge in [-0.25, -0.2) is 8.78 Å². The fourth-order valence-electron chi connectivity index (χ4n) is 1.65. The summed E-state index contributed by atoms with van der Waals surface area (Å²) in [6.07, 6.45) is 1.11. The molecule has 0 aromatic heterocycles. The quantitative estimate of drug-likeness (QED) is 0.787. The number of nitrogens with two attached hydrogens (primary N) is 1. The molecule has 0 fully saturated rings. The maximum Gasteiger partial charge on any atom is 0.224 e. The summed E-state index contributed by atoms with van der Waals surface area (Å²) >= 11 is 4.79. The summed E-state index contributed by atoms with van der Waals surface area (Å²) in [7, 11) is 0. The molecule has 0 bridgehead atoms. The fraction of sp³-hybridized carbons (Fsp3) is 0.385. The number of carbonyl (C=O) groups is 1. The molecule has 19 heavy (non-hydrogen) atoms. The van der Waals surface area contributed by atoms with Gasteiger partial charge in [0, 0.05) is 12.5 Å². The highest BCUT2D eigenvalue weighted by Crippen LogP contribution is 2.09. The summed E-state index contributed by atoms with van der Waals surface area (Å²) in [5, 5.41) is 2.76. The van der Waals surface area contributed by atoms with Gasteiger partial charge in [-0.05, 0) is 24.1 Å². The van der Waals surface area contributed by atoms with Gasteiger partial charge in [0.15, 0.2) is 11.6 Å². The Bertz CT molecular complexity index is 480. The molecule has 1 atom stereocenters. The van der Waals surface area contributed by atoms with Crippen LogP contribution in [0.4, 0.5) is 8.78 Å². The average molecular weight is 286 g/mol. The monoisotopic (exact) mass is 286 g/mol. The van der Waals surface area contributed by atoms with Crippen LogP contribution in [0.2, 0.25) is 0 Å². The summed E-state index contributed by atoms with van der Waals surface area (Å²) < 4.78 is 25.7. The zero-order valence-corrected chi connectivity index (χ0v) is 11.4. The molecule has 3 N–H and O–H groups in total. The molecule has 1 amide bonds. The van der Waals surface area contributed by atoms with Gasteiger partial charge in [0.2, 0.25) is 5.91 Å². The van der Waals surface area contributed by atoms with E-state index in [1.807, 2.05) is 6.92 Å². The lowest BCUT2D eigenvalue weighted by Crippen LogP contribution is -2.37. The molecule has 0 saturated carbocycles. The molecule has 104 valence electrons. The molecule has 0 aliphatic carbocycles. The molecule has 1 rings (SSSR count). The maximum atomic E-state index is 13.0. The molecule has 0 heterocycles. The smallest absolute Gasteiger partial charge is 0.224 e. The van der Waals surface area contributed by atoms with Crippen molar-refractivity contribution < 1.29 is 13.6 Å². The first kappa shape index (κ1) is 15.5. The SMILES string of the molecule is CCC(CC(N)=S)NC(=O)Cc1ccc(F)c(F)c1. The molecular weight excluding hydrogens is 270 g/mol. The number of rotatable bonds is 6. The molecule has 0 spiro atoms. The van der Waals surface area contributed by atoms with Crippen molar-refractivity contribution in [1.82, 2.24) is 5.32 Å². The van der Waals surface area contributed by atoms with Crippen molar-refractivity contribution in [3.05, 3.63) is 35.4 Å². The van der Waals surface area contributed by atoms with E-state index in [4.69, 9.17) is 18.0 Å². The second-order valence-electron chi connectivity index (χ2n) is 4.27. The third-order valence-electron chi connectivity index (χ3n) is 2.65. The number of amides is 1. The second-order valence-corrected chi connectivity index (χ2v) is 4.79. The topological polar surface area (TPSA) is 55.1 Å². The van der Waals surface area contributed by atoms with Crippen molar-refractivity contribution in [3.8, 4) is 0 Å². The Balaban J connectivity index is 2.58. The fourth-order valence-corrected chi connectivity index (χ4v) is 1.86. The lowest BCUT2D eigenvalue weighted by Gasteiger charge is -2.16. The van der Waals surface area contributed by atoms with Gasteiger partial charge in [-0.3, -0.25) is 4.79 Å². The highest BCUT2D eigenvalue weighted by atomic mass is 32.1. The van der Waals surface area contributed by atoms with Crippen LogP contribution in [0.1, 0.15) is 25.3 Å². The van der Waals surface area contributed by atoms with E-state index in [1.165, 1.54) is 6.07 Å². The number of nitrogens with one attached hydrogen (secondary N) is 1. The third kappa shape index (κ3) is 5.30. The van der Waals surface area contributed by atoms with E-state index >= 15 is 0 Å². The van der Waals surface area contributed by atoms with Gasteiger partial charge in [-0.1, -0.05) is 25.2 Å². The van der Waals surface area contributed by atoms with Crippen molar-refractivity contribution in [2.24, 2.45) is 5.73 Å². The number of thiocarbonyl (C=S) groups is 1. The molecule has 3 nitrogen and oxygen atoms in total. The average Bonchev–Trinajstić information content (AvgIpc) is 2.32. The van der Waals surface area contributed by atoms with Gasteiger partial charge >= 0.3 is 0 Å². The standard InChI is InChI=1S/C13H16F2N2OS/c1-2-9(7-12(16)19)17-13(18)6-8-3-4-10(14)11(15)5-8/h3-5,9H,2,6-7H2,1H3,(H2,16,19)(H,17,18). The van der Waals surface area contributed by atoms with E-state index in [0.29, 0.717) is 23.4 Å². The van der Waals surface area contributed by atoms with E-state index in [9.17, 15) is 13.6 Å². The van der Waals surface area contributed by atoms with Gasteiger partial charge < -0.3 is 11.1 Å².